The van der Waals surface area contributed by atoms with Crippen molar-refractivity contribution in [1.82, 2.24) is 0 Å². The van der Waals surface area contributed by atoms with E-state index in [0.29, 0.717) is 12.7 Å². The van der Waals surface area contributed by atoms with E-state index in [0.717, 1.165) is 0 Å². The van der Waals surface area contributed by atoms with Gasteiger partial charge >= 0.3 is 15.6 Å². The molecule has 0 amide bonds. The highest BCUT2D eigenvalue weighted by Gasteiger charge is 2.48. The monoisotopic (exact) mass is 342 g/mol. The summed E-state index contributed by atoms with van der Waals surface area (Å²) in [7, 11) is -5.74. The van der Waals surface area contributed by atoms with E-state index in [1.807, 2.05) is 0 Å². The van der Waals surface area contributed by atoms with Gasteiger partial charge in [-0.3, -0.25) is 0 Å². The Bertz CT molecular complexity index is 567. The second kappa shape index (κ2) is 6.41. The fourth-order valence-electron chi connectivity index (χ4n) is 2.26. The summed E-state index contributed by atoms with van der Waals surface area (Å²) in [6.45, 7) is 4.87. The zero-order valence-corrected chi connectivity index (χ0v) is 12.7. The Morgan fingerprint density at radius 3 is 2.59 bits per heavy atom. The van der Waals surface area contributed by atoms with Crippen LogP contribution in [0.4, 0.5) is 13.2 Å². The fraction of sp³-hybridized carbons (Fsp3) is 0.615. The molecule has 0 fully saturated rings. The molecule has 2 unspecified atom stereocenters. The van der Waals surface area contributed by atoms with Crippen molar-refractivity contribution >= 4 is 16.4 Å². The minimum Gasteiger partial charge on any atom is -0.389 e. The third-order valence-electron chi connectivity index (χ3n) is 3.71. The quantitative estimate of drug-likeness (QED) is 0.263. The first-order valence-corrected chi connectivity index (χ1v) is 7.86. The summed E-state index contributed by atoms with van der Waals surface area (Å²) in [5.74, 6) is -0.845. The van der Waals surface area contributed by atoms with Crippen LogP contribution in [-0.2, 0) is 19.1 Å². The van der Waals surface area contributed by atoms with Crippen molar-refractivity contribution in [2.45, 2.75) is 37.8 Å². The van der Waals surface area contributed by atoms with Gasteiger partial charge in [-0.1, -0.05) is 25.7 Å². The lowest BCUT2D eigenvalue weighted by Crippen LogP contribution is -2.35. The van der Waals surface area contributed by atoms with Crippen molar-refractivity contribution in [2.24, 2.45) is 11.3 Å². The number of aliphatic hydroxyl groups excluding tert-OH is 1. The van der Waals surface area contributed by atoms with Gasteiger partial charge in [0, 0.05) is 11.8 Å². The largest absolute Gasteiger partial charge is 0.534 e. The molecule has 0 aliphatic heterocycles. The van der Waals surface area contributed by atoms with Crippen LogP contribution in [0.2, 0.25) is 0 Å². The van der Waals surface area contributed by atoms with Gasteiger partial charge in [0.05, 0.1) is 6.10 Å². The molecule has 0 spiro atoms. The van der Waals surface area contributed by atoms with Crippen molar-refractivity contribution < 1.29 is 35.7 Å². The third-order valence-corrected chi connectivity index (χ3v) is 4.73. The number of alkyl halides is 3. The van der Waals surface area contributed by atoms with Gasteiger partial charge in [0.2, 0.25) is 0 Å². The molecular formula is C13H17F3O5S. The van der Waals surface area contributed by atoms with Gasteiger partial charge in [-0.05, 0) is 18.8 Å². The zero-order valence-electron chi connectivity index (χ0n) is 11.8. The average molecular weight is 342 g/mol. The SMILES string of the molecule is C=C(CCC1(C=O)C=C[C@@H](O)CC1C)OS(=O)(=O)C(F)(F)F. The third kappa shape index (κ3) is 4.10. The molecule has 3 atom stereocenters. The van der Waals surface area contributed by atoms with Gasteiger partial charge in [0.1, 0.15) is 12.0 Å². The van der Waals surface area contributed by atoms with E-state index in [1.54, 1.807) is 6.92 Å². The molecule has 0 aromatic heterocycles. The molecule has 0 saturated carbocycles. The van der Waals surface area contributed by atoms with E-state index < -0.39 is 32.9 Å². The average Bonchev–Trinajstić information content (AvgIpc) is 2.36. The topological polar surface area (TPSA) is 80.7 Å². The minimum absolute atomic E-state index is 0.0348. The van der Waals surface area contributed by atoms with Crippen molar-refractivity contribution in [3.8, 4) is 0 Å². The van der Waals surface area contributed by atoms with Crippen molar-refractivity contribution in [2.75, 3.05) is 0 Å². The molecule has 0 aromatic carbocycles. The Kier molecular flexibility index (Phi) is 5.45. The first kappa shape index (κ1) is 18.7. The van der Waals surface area contributed by atoms with Crippen LogP contribution in [0.25, 0.3) is 0 Å². The summed E-state index contributed by atoms with van der Waals surface area (Å²) >= 11 is 0. The summed E-state index contributed by atoms with van der Waals surface area (Å²) in [4.78, 5) is 11.4. The highest BCUT2D eigenvalue weighted by molar-refractivity contribution is 7.87. The maximum absolute atomic E-state index is 12.2. The van der Waals surface area contributed by atoms with Crippen LogP contribution in [-0.4, -0.2) is 31.4 Å². The Hall–Kier alpha value is -1.35. The normalized spacial score (nSPS) is 29.1. The van der Waals surface area contributed by atoms with Crippen LogP contribution in [0, 0.1) is 11.3 Å². The van der Waals surface area contributed by atoms with Gasteiger partial charge < -0.3 is 14.1 Å². The molecule has 0 aromatic rings. The molecule has 1 rings (SSSR count). The van der Waals surface area contributed by atoms with Crippen molar-refractivity contribution in [3.05, 3.63) is 24.5 Å². The maximum atomic E-state index is 12.2. The predicted molar refractivity (Wildman–Crippen MR) is 71.9 cm³/mol. The van der Waals surface area contributed by atoms with Crippen LogP contribution in [0.15, 0.2) is 24.5 Å². The number of halogens is 3. The van der Waals surface area contributed by atoms with Gasteiger partial charge in [0.25, 0.3) is 0 Å². The van der Waals surface area contributed by atoms with Crippen molar-refractivity contribution in [3.63, 3.8) is 0 Å². The zero-order chi connectivity index (χ0) is 17.2. The fourth-order valence-corrected chi connectivity index (χ4v) is 2.75. The predicted octanol–water partition coefficient (Wildman–Crippen LogP) is 2.29. The van der Waals surface area contributed by atoms with E-state index in [-0.39, 0.29) is 18.8 Å². The van der Waals surface area contributed by atoms with Gasteiger partial charge in [-0.15, -0.1) is 0 Å². The van der Waals surface area contributed by atoms with Crippen LogP contribution >= 0.6 is 0 Å². The molecule has 5 nitrogen and oxygen atoms in total. The van der Waals surface area contributed by atoms with Gasteiger partial charge in [0.15, 0.2) is 0 Å². The summed E-state index contributed by atoms with van der Waals surface area (Å²) in [6.07, 6.45) is 3.00. The molecule has 126 valence electrons. The van der Waals surface area contributed by atoms with Gasteiger partial charge in [-0.2, -0.15) is 21.6 Å². The number of aldehydes is 1. The molecule has 22 heavy (non-hydrogen) atoms. The standard InChI is InChI=1S/C13H17F3O5S/c1-9-7-11(18)4-6-12(9,8-17)5-3-10(2)21-22(19,20)13(14,15)16/h4,6,8-9,11,18H,2-3,5,7H2,1H3/t9?,11-,12?/m1/s1. The molecule has 0 radical (unpaired) electrons. The molecule has 0 heterocycles. The van der Waals surface area contributed by atoms with Crippen LogP contribution in [0.5, 0.6) is 0 Å². The lowest BCUT2D eigenvalue weighted by molar-refractivity contribution is -0.117. The van der Waals surface area contributed by atoms with Crippen LogP contribution < -0.4 is 0 Å². The second-order valence-electron chi connectivity index (χ2n) is 5.32. The number of hydrogen-bond donors (Lipinski definition) is 1. The van der Waals surface area contributed by atoms with Crippen molar-refractivity contribution in [1.29, 1.82) is 0 Å². The molecule has 0 saturated heterocycles. The summed E-state index contributed by atoms with van der Waals surface area (Å²) < 4.78 is 62.2. The minimum atomic E-state index is -5.74. The van der Waals surface area contributed by atoms with E-state index in [4.69, 9.17) is 0 Å². The Morgan fingerprint density at radius 2 is 2.14 bits per heavy atom. The number of allylic oxidation sites excluding steroid dienone is 2. The molecule has 1 aliphatic rings. The van der Waals surface area contributed by atoms with E-state index >= 15 is 0 Å². The lowest BCUT2D eigenvalue weighted by atomic mass is 9.68. The Morgan fingerprint density at radius 1 is 1.55 bits per heavy atom. The Balaban J connectivity index is 2.75. The number of rotatable bonds is 6. The number of aliphatic hydroxyl groups is 1. The summed E-state index contributed by atoms with van der Waals surface area (Å²) in [5, 5.41) is 9.48. The Labute approximate surface area is 126 Å². The first-order valence-electron chi connectivity index (χ1n) is 6.46. The maximum Gasteiger partial charge on any atom is 0.534 e. The van der Waals surface area contributed by atoms with Gasteiger partial charge in [-0.25, -0.2) is 0 Å². The lowest BCUT2D eigenvalue weighted by Gasteiger charge is -2.36. The number of hydrogen-bond acceptors (Lipinski definition) is 5. The van der Waals surface area contributed by atoms with Crippen LogP contribution in [0.1, 0.15) is 26.2 Å². The molecule has 1 N–H and O–H groups in total. The number of carbonyl (C=O) groups is 1. The number of carbonyl (C=O) groups excluding carboxylic acids is 1. The second-order valence-corrected chi connectivity index (χ2v) is 6.85. The molecular weight excluding hydrogens is 325 g/mol. The molecule has 0 bridgehead atoms. The summed E-state index contributed by atoms with van der Waals surface area (Å²) in [6, 6.07) is 0. The van der Waals surface area contributed by atoms with E-state index in [2.05, 4.69) is 10.8 Å². The first-order chi connectivity index (χ1) is 9.93. The van der Waals surface area contributed by atoms with Crippen LogP contribution in [0.3, 0.4) is 0 Å². The highest BCUT2D eigenvalue weighted by atomic mass is 32.2. The highest BCUT2D eigenvalue weighted by Crippen LogP contribution is 2.40. The molecule has 1 aliphatic carbocycles. The molecule has 9 heteroatoms. The van der Waals surface area contributed by atoms with E-state index in [1.165, 1.54) is 12.2 Å². The summed E-state index contributed by atoms with van der Waals surface area (Å²) in [5.41, 5.74) is -6.52. The van der Waals surface area contributed by atoms with E-state index in [9.17, 15) is 31.5 Å². The smallest absolute Gasteiger partial charge is 0.389 e.